The molecule has 90 valence electrons. The molecule has 0 saturated carbocycles. The molecule has 0 aromatic carbocycles. The van der Waals surface area contributed by atoms with Gasteiger partial charge < -0.3 is 15.3 Å². The fourth-order valence-corrected chi connectivity index (χ4v) is 3.04. The number of amides is 2. The predicted octanol–water partition coefficient (Wildman–Crippen LogP) is 1.17. The van der Waals surface area contributed by atoms with Crippen LogP contribution in [-0.2, 0) is 4.79 Å². The predicted molar refractivity (Wildman–Crippen MR) is 61.6 cm³/mol. The number of hydrogen-bond acceptors (Lipinski definition) is 2. The molecule has 2 saturated heterocycles. The average molecular weight is 291 g/mol. The van der Waals surface area contributed by atoms with E-state index in [1.165, 1.54) is 0 Å². The molecule has 2 amide bonds. The Hall–Kier alpha value is -0.780. The zero-order chi connectivity index (χ0) is 11.7. The molecule has 2 unspecified atom stereocenters. The second-order valence-electron chi connectivity index (χ2n) is 4.44. The number of rotatable bonds is 2. The van der Waals surface area contributed by atoms with E-state index in [-0.39, 0.29) is 24.0 Å². The number of alkyl halides is 1. The molecule has 16 heavy (non-hydrogen) atoms. The highest BCUT2D eigenvalue weighted by Gasteiger charge is 2.43. The first-order chi connectivity index (χ1) is 7.61. The summed E-state index contributed by atoms with van der Waals surface area (Å²) in [5.74, 6) is -0.0202. The van der Waals surface area contributed by atoms with E-state index in [2.05, 4.69) is 21.2 Å². The van der Waals surface area contributed by atoms with Gasteiger partial charge in [0, 0.05) is 18.1 Å². The quantitative estimate of drug-likeness (QED) is 0.750. The topological polar surface area (TPSA) is 69.6 Å². The highest BCUT2D eigenvalue weighted by atomic mass is 79.9. The Morgan fingerprint density at radius 3 is 2.31 bits per heavy atom. The first-order valence-electron chi connectivity index (χ1n) is 5.48. The van der Waals surface area contributed by atoms with Crippen LogP contribution in [0.15, 0.2) is 0 Å². The number of nitrogens with one attached hydrogen (secondary N) is 1. The third kappa shape index (κ3) is 2.16. The van der Waals surface area contributed by atoms with Gasteiger partial charge in [-0.05, 0) is 25.7 Å². The summed E-state index contributed by atoms with van der Waals surface area (Å²) in [6.45, 7) is 0. The standard InChI is InChI=1S/C10H15BrN2O3/c11-5-9(14)12-6-3-7-1-2-8(4-6)13(7)10(15)16/h6-8H,1-5H2,(H,12,14)(H,15,16). The number of hydrogen-bond donors (Lipinski definition) is 2. The Labute approximate surface area is 102 Å². The van der Waals surface area contributed by atoms with E-state index >= 15 is 0 Å². The third-order valence-corrected chi connectivity index (χ3v) is 3.95. The fourth-order valence-electron chi connectivity index (χ4n) is 2.87. The summed E-state index contributed by atoms with van der Waals surface area (Å²) in [7, 11) is 0. The highest BCUT2D eigenvalue weighted by molar-refractivity contribution is 9.09. The van der Waals surface area contributed by atoms with Crippen molar-refractivity contribution < 1.29 is 14.7 Å². The van der Waals surface area contributed by atoms with E-state index in [1.807, 2.05) is 0 Å². The van der Waals surface area contributed by atoms with Gasteiger partial charge in [-0.25, -0.2) is 4.79 Å². The van der Waals surface area contributed by atoms with Gasteiger partial charge in [-0.15, -0.1) is 0 Å². The van der Waals surface area contributed by atoms with Crippen molar-refractivity contribution in [1.82, 2.24) is 10.2 Å². The van der Waals surface area contributed by atoms with E-state index < -0.39 is 6.09 Å². The van der Waals surface area contributed by atoms with Crippen LogP contribution in [0.25, 0.3) is 0 Å². The van der Waals surface area contributed by atoms with Crippen molar-refractivity contribution in [3.05, 3.63) is 0 Å². The molecule has 0 aromatic heterocycles. The van der Waals surface area contributed by atoms with Crippen LogP contribution in [0.5, 0.6) is 0 Å². The Bertz CT molecular complexity index is 296. The highest BCUT2D eigenvalue weighted by Crippen LogP contribution is 2.35. The molecule has 2 fully saturated rings. The minimum Gasteiger partial charge on any atom is -0.465 e. The molecule has 2 atom stereocenters. The van der Waals surface area contributed by atoms with Crippen molar-refractivity contribution in [2.45, 2.75) is 43.8 Å². The molecule has 0 aliphatic carbocycles. The van der Waals surface area contributed by atoms with Crippen LogP contribution >= 0.6 is 15.9 Å². The Morgan fingerprint density at radius 2 is 1.88 bits per heavy atom. The summed E-state index contributed by atoms with van der Waals surface area (Å²) in [5, 5.41) is 12.3. The maximum absolute atomic E-state index is 11.2. The monoisotopic (exact) mass is 290 g/mol. The summed E-state index contributed by atoms with van der Waals surface area (Å²) < 4.78 is 0. The summed E-state index contributed by atoms with van der Waals surface area (Å²) >= 11 is 3.11. The van der Waals surface area contributed by atoms with Crippen LogP contribution in [0.4, 0.5) is 4.79 Å². The van der Waals surface area contributed by atoms with E-state index in [1.54, 1.807) is 4.90 Å². The fraction of sp³-hybridized carbons (Fsp3) is 0.800. The molecule has 6 heteroatoms. The lowest BCUT2D eigenvalue weighted by Gasteiger charge is -2.37. The number of fused-ring (bicyclic) bond motifs is 2. The summed E-state index contributed by atoms with van der Waals surface area (Å²) in [6.07, 6.45) is 2.54. The van der Waals surface area contributed by atoms with Crippen molar-refractivity contribution in [3.63, 3.8) is 0 Å². The van der Waals surface area contributed by atoms with Gasteiger partial charge in [-0.2, -0.15) is 0 Å². The van der Waals surface area contributed by atoms with Crippen LogP contribution in [-0.4, -0.2) is 45.5 Å². The van der Waals surface area contributed by atoms with Crippen LogP contribution in [0.1, 0.15) is 25.7 Å². The van der Waals surface area contributed by atoms with Gasteiger partial charge in [0.15, 0.2) is 0 Å². The molecule has 2 heterocycles. The Balaban J connectivity index is 1.97. The Kier molecular flexibility index (Phi) is 3.37. The maximum atomic E-state index is 11.2. The van der Waals surface area contributed by atoms with Crippen molar-refractivity contribution in [1.29, 1.82) is 0 Å². The van der Waals surface area contributed by atoms with Crippen LogP contribution in [0, 0.1) is 0 Å². The molecule has 0 radical (unpaired) electrons. The molecular formula is C10H15BrN2O3. The van der Waals surface area contributed by atoms with Gasteiger partial charge in [0.2, 0.25) is 5.91 Å². The molecule has 5 nitrogen and oxygen atoms in total. The first kappa shape index (κ1) is 11.7. The summed E-state index contributed by atoms with van der Waals surface area (Å²) in [6, 6.07) is 0.326. The van der Waals surface area contributed by atoms with Gasteiger partial charge in [-0.1, -0.05) is 15.9 Å². The van der Waals surface area contributed by atoms with Gasteiger partial charge >= 0.3 is 6.09 Å². The van der Waals surface area contributed by atoms with E-state index in [4.69, 9.17) is 5.11 Å². The minimum atomic E-state index is -0.822. The number of halogens is 1. The molecule has 2 bridgehead atoms. The Morgan fingerprint density at radius 1 is 1.31 bits per heavy atom. The normalized spacial score (nSPS) is 32.6. The molecule has 2 aliphatic heterocycles. The van der Waals surface area contributed by atoms with Crippen LogP contribution in [0.3, 0.4) is 0 Å². The van der Waals surface area contributed by atoms with E-state index in [0.717, 1.165) is 25.7 Å². The molecule has 0 spiro atoms. The van der Waals surface area contributed by atoms with Crippen molar-refractivity contribution in [2.75, 3.05) is 5.33 Å². The largest absolute Gasteiger partial charge is 0.465 e. The van der Waals surface area contributed by atoms with Gasteiger partial charge in [0.05, 0.1) is 5.33 Å². The van der Waals surface area contributed by atoms with Gasteiger partial charge in [0.25, 0.3) is 0 Å². The minimum absolute atomic E-state index is 0.0202. The average Bonchev–Trinajstić information content (AvgIpc) is 2.51. The second kappa shape index (κ2) is 4.61. The SMILES string of the molecule is O=C(CBr)NC1CC2CCC(C1)N2C(=O)O. The number of nitrogens with zero attached hydrogens (tertiary/aromatic N) is 1. The zero-order valence-electron chi connectivity index (χ0n) is 8.86. The van der Waals surface area contributed by atoms with Crippen molar-refractivity contribution >= 4 is 27.9 Å². The zero-order valence-corrected chi connectivity index (χ0v) is 10.4. The lowest BCUT2D eigenvalue weighted by Crippen LogP contribution is -2.52. The summed E-state index contributed by atoms with van der Waals surface area (Å²) in [5.41, 5.74) is 0. The van der Waals surface area contributed by atoms with Crippen molar-refractivity contribution in [2.24, 2.45) is 0 Å². The lowest BCUT2D eigenvalue weighted by molar-refractivity contribution is -0.119. The van der Waals surface area contributed by atoms with Crippen LogP contribution < -0.4 is 5.32 Å². The number of piperidine rings is 1. The molecular weight excluding hydrogens is 276 g/mol. The maximum Gasteiger partial charge on any atom is 0.407 e. The molecule has 0 aromatic rings. The lowest BCUT2D eigenvalue weighted by atomic mass is 9.98. The number of carbonyl (C=O) groups is 2. The van der Waals surface area contributed by atoms with E-state index in [9.17, 15) is 9.59 Å². The first-order valence-corrected chi connectivity index (χ1v) is 6.60. The summed E-state index contributed by atoms with van der Waals surface area (Å²) in [4.78, 5) is 23.8. The van der Waals surface area contributed by atoms with Crippen LogP contribution in [0.2, 0.25) is 0 Å². The van der Waals surface area contributed by atoms with Gasteiger partial charge in [-0.3, -0.25) is 4.79 Å². The molecule has 2 aliphatic rings. The third-order valence-electron chi connectivity index (χ3n) is 3.44. The van der Waals surface area contributed by atoms with E-state index in [0.29, 0.717) is 5.33 Å². The number of carboxylic acid groups (broad SMARTS) is 1. The molecule has 2 rings (SSSR count). The van der Waals surface area contributed by atoms with Gasteiger partial charge in [0.1, 0.15) is 0 Å². The smallest absolute Gasteiger partial charge is 0.407 e. The second-order valence-corrected chi connectivity index (χ2v) is 5.01. The van der Waals surface area contributed by atoms with Crippen molar-refractivity contribution in [3.8, 4) is 0 Å². The number of carbonyl (C=O) groups excluding carboxylic acids is 1. The molecule has 2 N–H and O–H groups in total.